The Morgan fingerprint density at radius 1 is 1.18 bits per heavy atom. The third kappa shape index (κ3) is 5.83. The average Bonchev–Trinajstić information content (AvgIpc) is 3.30. The van der Waals surface area contributed by atoms with Crippen LogP contribution in [0.3, 0.4) is 0 Å². The molecule has 2 amide bonds. The number of thioether (sulfide) groups is 1. The van der Waals surface area contributed by atoms with Crippen LogP contribution in [-0.2, 0) is 29.1 Å². The van der Waals surface area contributed by atoms with Gasteiger partial charge in [0.25, 0.3) is 5.56 Å². The summed E-state index contributed by atoms with van der Waals surface area (Å²) >= 11 is 8.85. The monoisotopic (exact) mass is 582 g/mol. The van der Waals surface area contributed by atoms with Gasteiger partial charge in [-0.25, -0.2) is 4.98 Å². The molecule has 0 bridgehead atoms. The van der Waals surface area contributed by atoms with Crippen molar-refractivity contribution in [3.05, 3.63) is 79.9 Å². The number of hydrogen-bond acceptors (Lipinski definition) is 7. The number of ether oxygens (including phenoxy) is 1. The highest BCUT2D eigenvalue weighted by Crippen LogP contribution is 2.34. The van der Waals surface area contributed by atoms with Gasteiger partial charge in [0.2, 0.25) is 11.8 Å². The van der Waals surface area contributed by atoms with Gasteiger partial charge >= 0.3 is 0 Å². The highest BCUT2D eigenvalue weighted by atomic mass is 35.5. The Bertz CT molecular complexity index is 1600. The molecule has 1 aliphatic rings. The second kappa shape index (κ2) is 11.8. The summed E-state index contributed by atoms with van der Waals surface area (Å²) in [5.74, 6) is 0.587. The lowest BCUT2D eigenvalue weighted by molar-refractivity contribution is -0.129. The van der Waals surface area contributed by atoms with Crippen LogP contribution in [0.1, 0.15) is 29.9 Å². The van der Waals surface area contributed by atoms with Crippen molar-refractivity contribution in [2.75, 3.05) is 18.9 Å². The van der Waals surface area contributed by atoms with Crippen molar-refractivity contribution in [2.45, 2.75) is 38.5 Å². The maximum Gasteiger partial charge on any atom is 0.267 e. The van der Waals surface area contributed by atoms with Gasteiger partial charge in [0.1, 0.15) is 10.6 Å². The molecule has 0 unspecified atom stereocenters. The van der Waals surface area contributed by atoms with E-state index in [1.54, 1.807) is 22.5 Å². The van der Waals surface area contributed by atoms with E-state index in [9.17, 15) is 14.4 Å². The Balaban J connectivity index is 1.48. The normalized spacial score (nSPS) is 12.8. The number of amides is 2. The van der Waals surface area contributed by atoms with E-state index in [0.717, 1.165) is 16.0 Å². The number of halogens is 1. The predicted molar refractivity (Wildman–Crippen MR) is 155 cm³/mol. The number of thiophene rings is 1. The Morgan fingerprint density at radius 3 is 2.67 bits per heavy atom. The van der Waals surface area contributed by atoms with E-state index in [-0.39, 0.29) is 23.1 Å². The zero-order valence-corrected chi connectivity index (χ0v) is 23.9. The molecule has 2 aromatic heterocycles. The summed E-state index contributed by atoms with van der Waals surface area (Å²) in [6.45, 7) is 5.35. The van der Waals surface area contributed by atoms with E-state index < -0.39 is 0 Å². The molecule has 39 heavy (non-hydrogen) atoms. The number of hydrogen-bond donors (Lipinski definition) is 1. The van der Waals surface area contributed by atoms with Crippen LogP contribution in [0.2, 0.25) is 5.02 Å². The number of benzene rings is 2. The highest BCUT2D eigenvalue weighted by Gasteiger charge is 2.27. The van der Waals surface area contributed by atoms with Crippen molar-refractivity contribution in [1.82, 2.24) is 19.8 Å². The van der Waals surface area contributed by atoms with Crippen LogP contribution in [0.5, 0.6) is 5.75 Å². The second-order valence-corrected chi connectivity index (χ2v) is 11.4. The molecule has 3 heterocycles. The quantitative estimate of drug-likeness (QED) is 0.237. The average molecular weight is 583 g/mol. The van der Waals surface area contributed by atoms with Gasteiger partial charge < -0.3 is 15.0 Å². The summed E-state index contributed by atoms with van der Waals surface area (Å²) in [5, 5.41) is 4.48. The number of carbonyl (C=O) groups is 2. The summed E-state index contributed by atoms with van der Waals surface area (Å²) in [5.41, 5.74) is 2.24. The molecule has 8 nitrogen and oxygen atoms in total. The summed E-state index contributed by atoms with van der Waals surface area (Å²) in [4.78, 5) is 46.9. The van der Waals surface area contributed by atoms with Crippen molar-refractivity contribution in [2.24, 2.45) is 0 Å². The Morgan fingerprint density at radius 2 is 1.95 bits per heavy atom. The Kier molecular flexibility index (Phi) is 8.25. The topological polar surface area (TPSA) is 93.5 Å². The molecule has 0 fully saturated rings. The van der Waals surface area contributed by atoms with Gasteiger partial charge in [0.05, 0.1) is 30.0 Å². The highest BCUT2D eigenvalue weighted by molar-refractivity contribution is 7.99. The van der Waals surface area contributed by atoms with Crippen molar-refractivity contribution in [1.29, 1.82) is 0 Å². The molecule has 2 aromatic carbocycles. The molecule has 202 valence electrons. The number of carbonyl (C=O) groups excluding carboxylic acids is 2. The summed E-state index contributed by atoms with van der Waals surface area (Å²) in [6.07, 6.45) is 0.603. The number of rotatable bonds is 8. The van der Waals surface area contributed by atoms with Crippen LogP contribution < -0.4 is 15.6 Å². The first kappa shape index (κ1) is 27.2. The second-order valence-electron chi connectivity index (χ2n) is 8.99. The van der Waals surface area contributed by atoms with E-state index in [2.05, 4.69) is 5.32 Å². The molecule has 1 N–H and O–H groups in total. The molecular weight excluding hydrogens is 556 g/mol. The van der Waals surface area contributed by atoms with E-state index >= 15 is 0 Å². The molecule has 0 saturated heterocycles. The van der Waals surface area contributed by atoms with Gasteiger partial charge in [0.15, 0.2) is 5.16 Å². The van der Waals surface area contributed by atoms with Crippen molar-refractivity contribution in [3.8, 4) is 11.4 Å². The van der Waals surface area contributed by atoms with Crippen LogP contribution in [0, 0.1) is 0 Å². The number of fused-ring (bicyclic) bond motifs is 3. The van der Waals surface area contributed by atoms with Crippen LogP contribution in [-0.4, -0.2) is 45.2 Å². The Labute approximate surface area is 238 Å². The lowest BCUT2D eigenvalue weighted by Crippen LogP contribution is -2.34. The smallest absolute Gasteiger partial charge is 0.267 e. The lowest BCUT2D eigenvalue weighted by Gasteiger charge is -2.25. The lowest BCUT2D eigenvalue weighted by atomic mass is 10.1. The third-order valence-electron chi connectivity index (χ3n) is 6.46. The fourth-order valence-electron chi connectivity index (χ4n) is 4.49. The molecule has 1 aliphatic heterocycles. The van der Waals surface area contributed by atoms with Crippen molar-refractivity contribution in [3.63, 3.8) is 0 Å². The maximum absolute atomic E-state index is 14.0. The van der Waals surface area contributed by atoms with Gasteiger partial charge in [-0.3, -0.25) is 19.0 Å². The molecule has 0 radical (unpaired) electrons. The van der Waals surface area contributed by atoms with Crippen LogP contribution in [0.15, 0.2) is 58.5 Å². The zero-order valence-electron chi connectivity index (χ0n) is 21.5. The molecular formula is C28H27ClN4O4S2. The zero-order chi connectivity index (χ0) is 27.5. The van der Waals surface area contributed by atoms with Gasteiger partial charge in [0, 0.05) is 29.9 Å². The van der Waals surface area contributed by atoms with E-state index in [4.69, 9.17) is 21.3 Å². The number of nitrogens with zero attached hydrogens (tertiary/aromatic N) is 3. The fraction of sp³-hybridized carbons (Fsp3) is 0.286. The van der Waals surface area contributed by atoms with Crippen molar-refractivity contribution >= 4 is 56.7 Å². The van der Waals surface area contributed by atoms with Crippen LogP contribution in [0.4, 0.5) is 0 Å². The minimum atomic E-state index is -0.199. The van der Waals surface area contributed by atoms with Crippen LogP contribution >= 0.6 is 34.7 Å². The van der Waals surface area contributed by atoms with Gasteiger partial charge in [-0.15, -0.1) is 11.3 Å². The standard InChI is InChI=1S/C28H27ClN4O4S2/c1-3-37-20-10-8-19(9-11-20)33-27(36)25-21-12-13-32(17(2)34)15-23(21)39-26(25)31-28(33)38-16-24(35)30-14-18-6-4-5-7-22(18)29/h4-11H,3,12-16H2,1-2H3,(H,30,35). The van der Waals surface area contributed by atoms with Gasteiger partial charge in [-0.2, -0.15) is 0 Å². The molecule has 5 rings (SSSR count). The van der Waals surface area contributed by atoms with E-state index in [0.29, 0.717) is 64.5 Å². The first-order valence-corrected chi connectivity index (χ1v) is 14.7. The minimum absolute atomic E-state index is 0.0110. The molecule has 0 atom stereocenters. The minimum Gasteiger partial charge on any atom is -0.494 e. The molecule has 4 aromatic rings. The molecule has 0 saturated carbocycles. The van der Waals surface area contributed by atoms with Crippen molar-refractivity contribution < 1.29 is 14.3 Å². The van der Waals surface area contributed by atoms with Crippen LogP contribution in [0.25, 0.3) is 15.9 Å². The summed E-state index contributed by atoms with van der Waals surface area (Å²) in [6, 6.07) is 14.6. The largest absolute Gasteiger partial charge is 0.494 e. The Hall–Kier alpha value is -3.34. The SMILES string of the molecule is CCOc1ccc(-n2c(SCC(=O)NCc3ccccc3Cl)nc3sc4c(c3c2=O)CCN(C(C)=O)C4)cc1. The summed E-state index contributed by atoms with van der Waals surface area (Å²) in [7, 11) is 0. The van der Waals surface area contributed by atoms with E-state index in [1.165, 1.54) is 23.1 Å². The summed E-state index contributed by atoms with van der Waals surface area (Å²) < 4.78 is 7.13. The number of aromatic nitrogens is 2. The van der Waals surface area contributed by atoms with Gasteiger partial charge in [-0.1, -0.05) is 41.6 Å². The first-order chi connectivity index (χ1) is 18.9. The fourth-order valence-corrected chi connectivity index (χ4v) is 6.81. The molecule has 0 spiro atoms. The number of nitrogens with one attached hydrogen (secondary N) is 1. The third-order valence-corrected chi connectivity index (χ3v) is 8.88. The van der Waals surface area contributed by atoms with E-state index in [1.807, 2.05) is 49.4 Å². The maximum atomic E-state index is 14.0. The molecule has 0 aliphatic carbocycles. The van der Waals surface area contributed by atoms with Gasteiger partial charge in [-0.05, 0) is 54.8 Å². The molecule has 11 heteroatoms. The predicted octanol–water partition coefficient (Wildman–Crippen LogP) is 4.81. The first-order valence-electron chi connectivity index (χ1n) is 12.5.